The molecule has 1 atom stereocenters. The second kappa shape index (κ2) is 6.02. The molecule has 19 heavy (non-hydrogen) atoms. The summed E-state index contributed by atoms with van der Waals surface area (Å²) in [5.41, 5.74) is 6.34. The minimum atomic E-state index is -0.343. The van der Waals surface area contributed by atoms with Crippen molar-refractivity contribution in [2.75, 3.05) is 25.9 Å². The van der Waals surface area contributed by atoms with Crippen molar-refractivity contribution in [3.05, 3.63) is 29.6 Å². The minimum Gasteiger partial charge on any atom is -0.396 e. The molecule has 0 aliphatic carbocycles. The molecule has 5 heteroatoms. The van der Waals surface area contributed by atoms with Crippen LogP contribution in [0, 0.1) is 11.7 Å². The van der Waals surface area contributed by atoms with E-state index in [1.165, 1.54) is 0 Å². The van der Waals surface area contributed by atoms with Crippen LogP contribution in [0.15, 0.2) is 18.2 Å². The predicted octanol–water partition coefficient (Wildman–Crippen LogP) is 1.37. The molecule has 1 amide bonds. The largest absolute Gasteiger partial charge is 0.396 e. The molecule has 1 aromatic rings. The molecule has 3 N–H and O–H groups in total. The van der Waals surface area contributed by atoms with Gasteiger partial charge in [0.1, 0.15) is 0 Å². The molecule has 2 rings (SSSR count). The van der Waals surface area contributed by atoms with Gasteiger partial charge in [-0.15, -0.1) is 0 Å². The molecule has 0 radical (unpaired) electrons. The third-order valence-electron chi connectivity index (χ3n) is 3.63. The molecule has 0 bridgehead atoms. The first kappa shape index (κ1) is 13.8. The van der Waals surface area contributed by atoms with Crippen LogP contribution in [0.25, 0.3) is 0 Å². The lowest BCUT2D eigenvalue weighted by Gasteiger charge is -2.31. The van der Waals surface area contributed by atoms with Crippen LogP contribution in [-0.2, 0) is 11.3 Å². The van der Waals surface area contributed by atoms with E-state index in [0.29, 0.717) is 18.7 Å². The fourth-order valence-corrected chi connectivity index (χ4v) is 2.58. The zero-order valence-corrected chi connectivity index (χ0v) is 11.2. The highest BCUT2D eigenvalue weighted by Crippen LogP contribution is 2.21. The van der Waals surface area contributed by atoms with Gasteiger partial charge >= 0.3 is 0 Å². The van der Waals surface area contributed by atoms with Gasteiger partial charge in [-0.25, -0.2) is 4.39 Å². The van der Waals surface area contributed by atoms with Crippen molar-refractivity contribution in [2.24, 2.45) is 5.92 Å². The lowest BCUT2D eigenvalue weighted by atomic mass is 9.96. The number of amides is 1. The topological polar surface area (TPSA) is 58.4 Å². The Labute approximate surface area is 112 Å². The Morgan fingerprint density at radius 3 is 3.11 bits per heavy atom. The van der Waals surface area contributed by atoms with Gasteiger partial charge < -0.3 is 11.1 Å². The molecule has 1 unspecified atom stereocenters. The maximum Gasteiger partial charge on any atom is 0.224 e. The number of hydrogen-bond donors (Lipinski definition) is 2. The molecule has 1 heterocycles. The van der Waals surface area contributed by atoms with Crippen molar-refractivity contribution in [3.8, 4) is 0 Å². The Hall–Kier alpha value is -1.62. The highest BCUT2D eigenvalue weighted by Gasteiger charge is 2.25. The van der Waals surface area contributed by atoms with Gasteiger partial charge in [-0.05, 0) is 25.5 Å². The summed E-state index contributed by atoms with van der Waals surface area (Å²) in [6, 6.07) is 5.06. The van der Waals surface area contributed by atoms with Crippen LogP contribution in [0.5, 0.6) is 0 Å². The number of benzene rings is 1. The highest BCUT2D eigenvalue weighted by molar-refractivity contribution is 5.78. The Morgan fingerprint density at radius 2 is 2.37 bits per heavy atom. The molecule has 1 aliphatic heterocycles. The third kappa shape index (κ3) is 3.23. The molecule has 1 aliphatic rings. The Bertz CT molecular complexity index is 464. The van der Waals surface area contributed by atoms with E-state index in [2.05, 4.69) is 10.2 Å². The van der Waals surface area contributed by atoms with Gasteiger partial charge in [-0.2, -0.15) is 0 Å². The van der Waals surface area contributed by atoms with Crippen molar-refractivity contribution < 1.29 is 9.18 Å². The van der Waals surface area contributed by atoms with Crippen molar-refractivity contribution in [2.45, 2.75) is 19.4 Å². The summed E-state index contributed by atoms with van der Waals surface area (Å²) in [5, 5.41) is 2.68. The molecule has 0 aromatic heterocycles. The molecule has 0 spiro atoms. The summed E-state index contributed by atoms with van der Waals surface area (Å²) in [5.74, 6) is -0.273. The fourth-order valence-electron chi connectivity index (χ4n) is 2.58. The van der Waals surface area contributed by atoms with E-state index < -0.39 is 0 Å². The second-order valence-electron chi connectivity index (χ2n) is 5.01. The van der Waals surface area contributed by atoms with Crippen molar-refractivity contribution in [3.63, 3.8) is 0 Å². The molecule has 1 aromatic carbocycles. The smallest absolute Gasteiger partial charge is 0.224 e. The number of nitrogens with two attached hydrogens (primary N) is 1. The standard InChI is InChI=1S/C14H20FN3O/c1-17-14(19)11-5-3-7-18(9-11)8-10-4-2-6-12(16)13(10)15/h2,4,6,11H,3,5,7-9,16H2,1H3,(H,17,19). The average molecular weight is 265 g/mol. The second-order valence-corrected chi connectivity index (χ2v) is 5.01. The lowest BCUT2D eigenvalue weighted by Crippen LogP contribution is -2.41. The number of nitrogens with one attached hydrogen (secondary N) is 1. The predicted molar refractivity (Wildman–Crippen MR) is 72.9 cm³/mol. The van der Waals surface area contributed by atoms with Gasteiger partial charge in [0.25, 0.3) is 0 Å². The first-order valence-electron chi connectivity index (χ1n) is 6.58. The summed E-state index contributed by atoms with van der Waals surface area (Å²) in [6.07, 6.45) is 1.86. The van der Waals surface area contributed by atoms with Crippen LogP contribution in [0.3, 0.4) is 0 Å². The summed E-state index contributed by atoms with van der Waals surface area (Å²) in [4.78, 5) is 13.8. The summed E-state index contributed by atoms with van der Waals surface area (Å²) < 4.78 is 13.8. The SMILES string of the molecule is CNC(=O)C1CCCN(Cc2cccc(N)c2F)C1. The van der Waals surface area contributed by atoms with Gasteiger partial charge in [-0.1, -0.05) is 12.1 Å². The summed E-state index contributed by atoms with van der Waals surface area (Å²) >= 11 is 0. The zero-order valence-electron chi connectivity index (χ0n) is 11.2. The van der Waals surface area contributed by atoms with Gasteiger partial charge in [-0.3, -0.25) is 9.69 Å². The highest BCUT2D eigenvalue weighted by atomic mass is 19.1. The number of anilines is 1. The quantitative estimate of drug-likeness (QED) is 0.811. The Kier molecular flexibility index (Phi) is 4.37. The van der Waals surface area contributed by atoms with Crippen LogP contribution < -0.4 is 11.1 Å². The monoisotopic (exact) mass is 265 g/mol. The molecular weight excluding hydrogens is 245 g/mol. The van der Waals surface area contributed by atoms with Gasteiger partial charge in [0.2, 0.25) is 5.91 Å². The Morgan fingerprint density at radius 1 is 1.58 bits per heavy atom. The number of carbonyl (C=O) groups excluding carboxylic acids is 1. The fraction of sp³-hybridized carbons (Fsp3) is 0.500. The van der Waals surface area contributed by atoms with E-state index in [9.17, 15) is 9.18 Å². The van der Waals surface area contributed by atoms with Crippen molar-refractivity contribution >= 4 is 11.6 Å². The molecule has 1 saturated heterocycles. The molecular formula is C14H20FN3O. The third-order valence-corrected chi connectivity index (χ3v) is 3.63. The van der Waals surface area contributed by atoms with E-state index in [-0.39, 0.29) is 23.3 Å². The van der Waals surface area contributed by atoms with Gasteiger partial charge in [0, 0.05) is 25.7 Å². The number of hydrogen-bond acceptors (Lipinski definition) is 3. The van der Waals surface area contributed by atoms with E-state index in [1.807, 2.05) is 0 Å². The summed E-state index contributed by atoms with van der Waals surface area (Å²) in [6.45, 7) is 2.07. The lowest BCUT2D eigenvalue weighted by molar-refractivity contribution is -0.126. The normalized spacial score (nSPS) is 20.2. The number of rotatable bonds is 3. The molecule has 1 fully saturated rings. The maximum atomic E-state index is 13.8. The number of likely N-dealkylation sites (tertiary alicyclic amines) is 1. The van der Waals surface area contributed by atoms with Crippen LogP contribution in [0.1, 0.15) is 18.4 Å². The molecule has 0 saturated carbocycles. The van der Waals surface area contributed by atoms with Crippen LogP contribution in [0.2, 0.25) is 0 Å². The zero-order chi connectivity index (χ0) is 13.8. The first-order chi connectivity index (χ1) is 9.11. The van der Waals surface area contributed by atoms with Crippen LogP contribution >= 0.6 is 0 Å². The number of nitrogen functional groups attached to an aromatic ring is 1. The van der Waals surface area contributed by atoms with Gasteiger partial charge in [0.15, 0.2) is 5.82 Å². The minimum absolute atomic E-state index is 0.00266. The Balaban J connectivity index is 2.03. The number of piperidine rings is 1. The van der Waals surface area contributed by atoms with E-state index in [0.717, 1.165) is 19.4 Å². The van der Waals surface area contributed by atoms with Crippen LogP contribution in [-0.4, -0.2) is 30.9 Å². The van der Waals surface area contributed by atoms with Crippen molar-refractivity contribution in [1.82, 2.24) is 10.2 Å². The van der Waals surface area contributed by atoms with E-state index in [4.69, 9.17) is 5.73 Å². The van der Waals surface area contributed by atoms with E-state index >= 15 is 0 Å². The first-order valence-corrected chi connectivity index (χ1v) is 6.58. The number of nitrogens with zero attached hydrogens (tertiary/aromatic N) is 1. The number of carbonyl (C=O) groups is 1. The molecule has 104 valence electrons. The average Bonchev–Trinajstić information content (AvgIpc) is 2.43. The summed E-state index contributed by atoms with van der Waals surface area (Å²) in [7, 11) is 1.65. The molecule has 4 nitrogen and oxygen atoms in total. The number of halogens is 1. The van der Waals surface area contributed by atoms with Crippen LogP contribution in [0.4, 0.5) is 10.1 Å². The van der Waals surface area contributed by atoms with E-state index in [1.54, 1.807) is 25.2 Å². The van der Waals surface area contributed by atoms with Gasteiger partial charge in [0.05, 0.1) is 11.6 Å². The van der Waals surface area contributed by atoms with Crippen molar-refractivity contribution in [1.29, 1.82) is 0 Å². The maximum absolute atomic E-state index is 13.8.